The highest BCUT2D eigenvalue weighted by Crippen LogP contribution is 2.44. The third-order valence-corrected chi connectivity index (χ3v) is 11.4. The zero-order valence-corrected chi connectivity index (χ0v) is 32.6. The van der Waals surface area contributed by atoms with Crippen molar-refractivity contribution >= 4 is 63.6 Å². The fourth-order valence-electron chi connectivity index (χ4n) is 6.10. The highest BCUT2D eigenvalue weighted by Gasteiger charge is 2.34. The number of esters is 1. The summed E-state index contributed by atoms with van der Waals surface area (Å²) in [6, 6.07) is 20.9. The largest absolute Gasteiger partial charge is 0.493 e. The van der Waals surface area contributed by atoms with Gasteiger partial charge in [-0.3, -0.25) is 14.4 Å². The Kier molecular flexibility index (Phi) is 12.7. The summed E-state index contributed by atoms with van der Waals surface area (Å²) in [6.07, 6.45) is 4.14. The molecule has 4 aromatic rings. The van der Waals surface area contributed by atoms with Gasteiger partial charge in [-0.25, -0.2) is 4.79 Å². The number of carbonyl (C=O) groups excluding carboxylic acids is 4. The minimum atomic E-state index is -0.553. The molecule has 0 radical (unpaired) electrons. The molecule has 3 N–H and O–H groups in total. The van der Waals surface area contributed by atoms with E-state index in [0.717, 1.165) is 34.6 Å². The number of hydrogen-bond acceptors (Lipinski definition) is 9. The summed E-state index contributed by atoms with van der Waals surface area (Å²) in [5.74, 6) is -0.251. The van der Waals surface area contributed by atoms with Crippen LogP contribution in [0.5, 0.6) is 11.5 Å². The molecule has 3 aromatic carbocycles. The minimum Gasteiger partial charge on any atom is -0.493 e. The van der Waals surface area contributed by atoms with Crippen LogP contribution in [-0.4, -0.2) is 50.3 Å². The molecule has 10 nitrogen and oxygen atoms in total. The van der Waals surface area contributed by atoms with E-state index in [0.29, 0.717) is 44.8 Å². The van der Waals surface area contributed by atoms with Crippen molar-refractivity contribution in [3.8, 4) is 11.5 Å². The van der Waals surface area contributed by atoms with Crippen molar-refractivity contribution in [2.24, 2.45) is 11.3 Å². The van der Waals surface area contributed by atoms with E-state index in [2.05, 4.69) is 36.7 Å². The third kappa shape index (κ3) is 9.68. The van der Waals surface area contributed by atoms with Gasteiger partial charge in [0.15, 0.2) is 11.5 Å². The second kappa shape index (κ2) is 17.2. The first kappa shape index (κ1) is 39.1. The highest BCUT2D eigenvalue weighted by atomic mass is 32.2. The molecule has 1 aliphatic rings. The van der Waals surface area contributed by atoms with Gasteiger partial charge in [-0.2, -0.15) is 0 Å². The Morgan fingerprint density at radius 3 is 2.32 bits per heavy atom. The van der Waals surface area contributed by atoms with Gasteiger partial charge in [-0.1, -0.05) is 51.1 Å². The molecule has 3 amide bonds. The number of methoxy groups -OCH3 is 3. The maximum absolute atomic E-state index is 13.7. The number of fused-ring (bicyclic) bond motifs is 1. The lowest BCUT2D eigenvalue weighted by Crippen LogP contribution is -2.30. The standard InChI is InChI=1S/C41H45N3O7S2/c1-24(36(45)44-39-35(40(48)51-7)30-18-17-27(41(2,3)4)22-34(30)53-39)52-29-15-11-14-28(23-29)42-38(47)31(43-37(46)26-12-9-8-10-13-26)20-25-16-19-32(49-5)33(21-25)50-6/h8-16,19-21,23-24,27H,17-18,22H2,1-7H3,(H,42,47)(H,43,46)(H,44,45)/b31-20+. The first-order valence-corrected chi connectivity index (χ1v) is 18.9. The summed E-state index contributed by atoms with van der Waals surface area (Å²) < 4.78 is 15.9. The van der Waals surface area contributed by atoms with Crippen molar-refractivity contribution in [1.82, 2.24) is 5.32 Å². The number of hydrogen-bond donors (Lipinski definition) is 3. The van der Waals surface area contributed by atoms with Crippen molar-refractivity contribution < 1.29 is 33.4 Å². The molecule has 278 valence electrons. The molecule has 5 rings (SSSR count). The summed E-state index contributed by atoms with van der Waals surface area (Å²) in [4.78, 5) is 55.2. The Morgan fingerprint density at radius 2 is 1.64 bits per heavy atom. The number of carbonyl (C=O) groups is 4. The lowest BCUT2D eigenvalue weighted by Gasteiger charge is -2.33. The number of thioether (sulfide) groups is 1. The van der Waals surface area contributed by atoms with Crippen molar-refractivity contribution in [2.75, 3.05) is 32.0 Å². The van der Waals surface area contributed by atoms with Crippen LogP contribution in [0.2, 0.25) is 0 Å². The van der Waals surface area contributed by atoms with Gasteiger partial charge in [0, 0.05) is 21.0 Å². The predicted octanol–water partition coefficient (Wildman–Crippen LogP) is 8.23. The zero-order chi connectivity index (χ0) is 38.3. The van der Waals surface area contributed by atoms with Gasteiger partial charge in [0.2, 0.25) is 5.91 Å². The Labute approximate surface area is 318 Å². The maximum Gasteiger partial charge on any atom is 0.341 e. The Hall–Kier alpha value is -5.07. The van der Waals surface area contributed by atoms with Gasteiger partial charge in [0.1, 0.15) is 10.7 Å². The van der Waals surface area contributed by atoms with Crippen LogP contribution < -0.4 is 25.4 Å². The fraction of sp³-hybridized carbons (Fsp3) is 0.317. The van der Waals surface area contributed by atoms with Crippen molar-refractivity contribution in [3.05, 3.63) is 106 Å². The summed E-state index contributed by atoms with van der Waals surface area (Å²) in [7, 11) is 4.40. The Bertz CT molecular complexity index is 2020. The number of rotatable bonds is 12. The van der Waals surface area contributed by atoms with Crippen LogP contribution in [0, 0.1) is 11.3 Å². The van der Waals surface area contributed by atoms with E-state index >= 15 is 0 Å². The van der Waals surface area contributed by atoms with Gasteiger partial charge in [0.05, 0.1) is 32.1 Å². The number of ether oxygens (including phenoxy) is 3. The van der Waals surface area contributed by atoms with Gasteiger partial charge >= 0.3 is 5.97 Å². The smallest absolute Gasteiger partial charge is 0.341 e. The van der Waals surface area contributed by atoms with Gasteiger partial charge in [-0.15, -0.1) is 23.1 Å². The SMILES string of the molecule is COC(=O)c1c(NC(=O)C(C)Sc2cccc(NC(=O)/C(=C\c3ccc(OC)c(OC)c3)NC(=O)c3ccccc3)c2)sc2c1CCC(C(C)(C)C)C2. The molecule has 53 heavy (non-hydrogen) atoms. The molecule has 0 aliphatic heterocycles. The zero-order valence-electron chi connectivity index (χ0n) is 31.0. The molecule has 0 saturated carbocycles. The van der Waals surface area contributed by atoms with Crippen LogP contribution in [0.15, 0.2) is 83.4 Å². The van der Waals surface area contributed by atoms with E-state index < -0.39 is 23.0 Å². The Balaban J connectivity index is 1.32. The van der Waals surface area contributed by atoms with E-state index in [1.807, 2.05) is 6.07 Å². The molecule has 0 spiro atoms. The molecular formula is C41H45N3O7S2. The number of amides is 3. The van der Waals surface area contributed by atoms with E-state index in [4.69, 9.17) is 14.2 Å². The molecule has 2 unspecified atom stereocenters. The lowest BCUT2D eigenvalue weighted by molar-refractivity contribution is -0.115. The summed E-state index contributed by atoms with van der Waals surface area (Å²) in [6.45, 7) is 8.49. The summed E-state index contributed by atoms with van der Waals surface area (Å²) in [5, 5.41) is 8.61. The van der Waals surface area contributed by atoms with Crippen LogP contribution in [0.3, 0.4) is 0 Å². The van der Waals surface area contributed by atoms with Crippen LogP contribution in [0.25, 0.3) is 6.08 Å². The topological polar surface area (TPSA) is 132 Å². The first-order chi connectivity index (χ1) is 25.3. The number of anilines is 2. The van der Waals surface area contributed by atoms with E-state index in [1.165, 1.54) is 44.4 Å². The van der Waals surface area contributed by atoms with E-state index in [-0.39, 0.29) is 17.0 Å². The highest BCUT2D eigenvalue weighted by molar-refractivity contribution is 8.00. The normalized spacial score (nSPS) is 14.7. The molecule has 1 aromatic heterocycles. The number of nitrogens with one attached hydrogen (secondary N) is 3. The number of benzene rings is 3. The van der Waals surface area contributed by atoms with E-state index in [1.54, 1.807) is 79.7 Å². The predicted molar refractivity (Wildman–Crippen MR) is 211 cm³/mol. The minimum absolute atomic E-state index is 0.00532. The summed E-state index contributed by atoms with van der Waals surface area (Å²) >= 11 is 2.77. The van der Waals surface area contributed by atoms with Crippen LogP contribution in [0.1, 0.15) is 70.8 Å². The van der Waals surface area contributed by atoms with Crippen LogP contribution in [0.4, 0.5) is 10.7 Å². The van der Waals surface area contributed by atoms with Gasteiger partial charge < -0.3 is 30.2 Å². The van der Waals surface area contributed by atoms with Crippen LogP contribution in [-0.2, 0) is 27.2 Å². The quantitative estimate of drug-likeness (QED) is 0.0749. The number of thiophene rings is 1. The second-order valence-electron chi connectivity index (χ2n) is 13.7. The van der Waals surface area contributed by atoms with Gasteiger partial charge in [0.25, 0.3) is 11.8 Å². The summed E-state index contributed by atoms with van der Waals surface area (Å²) in [5.41, 5.74) is 3.01. The fourth-order valence-corrected chi connectivity index (χ4v) is 8.34. The molecule has 0 fully saturated rings. The molecule has 0 saturated heterocycles. The first-order valence-electron chi connectivity index (χ1n) is 17.2. The van der Waals surface area contributed by atoms with E-state index in [9.17, 15) is 19.2 Å². The molecular weight excluding hydrogens is 711 g/mol. The maximum atomic E-state index is 13.7. The average molecular weight is 756 g/mol. The molecule has 1 aliphatic carbocycles. The average Bonchev–Trinajstić information content (AvgIpc) is 3.51. The second-order valence-corrected chi connectivity index (χ2v) is 16.2. The van der Waals surface area contributed by atoms with Gasteiger partial charge in [-0.05, 0) is 97.2 Å². The van der Waals surface area contributed by atoms with Crippen molar-refractivity contribution in [3.63, 3.8) is 0 Å². The molecule has 1 heterocycles. The molecule has 2 atom stereocenters. The molecule has 0 bridgehead atoms. The molecule has 12 heteroatoms. The third-order valence-electron chi connectivity index (χ3n) is 9.14. The van der Waals surface area contributed by atoms with Crippen LogP contribution >= 0.6 is 23.1 Å². The monoisotopic (exact) mass is 755 g/mol. The lowest BCUT2D eigenvalue weighted by atomic mass is 9.72. The van der Waals surface area contributed by atoms with Crippen molar-refractivity contribution in [1.29, 1.82) is 0 Å². The van der Waals surface area contributed by atoms with Crippen molar-refractivity contribution in [2.45, 2.75) is 57.1 Å². The Morgan fingerprint density at radius 1 is 0.906 bits per heavy atom.